The second kappa shape index (κ2) is 6.18. The fraction of sp³-hybridized carbons (Fsp3) is 0.611. The van der Waals surface area contributed by atoms with Crippen LogP contribution in [0, 0.1) is 11.8 Å². The molecule has 21 heavy (non-hydrogen) atoms. The molecule has 3 heteroatoms. The number of hydrogen-bond donors (Lipinski definition) is 0. The molecule has 1 heterocycles. The van der Waals surface area contributed by atoms with E-state index >= 15 is 0 Å². The molecule has 0 spiro atoms. The summed E-state index contributed by atoms with van der Waals surface area (Å²) in [5, 5.41) is 0. The van der Waals surface area contributed by atoms with Gasteiger partial charge in [0.1, 0.15) is 5.75 Å². The van der Waals surface area contributed by atoms with Gasteiger partial charge in [-0.05, 0) is 61.9 Å². The average Bonchev–Trinajstić information content (AvgIpc) is 2.50. The number of ketones is 1. The van der Waals surface area contributed by atoms with Crippen molar-refractivity contribution in [3.63, 3.8) is 0 Å². The number of Topliss-reactive ketones (excluding diaryl/α,β-unsaturated/α-hetero) is 1. The normalized spacial score (nSPS) is 26.5. The molecule has 0 N–H and O–H groups in total. The quantitative estimate of drug-likeness (QED) is 0.855. The van der Waals surface area contributed by atoms with Crippen molar-refractivity contribution in [1.29, 1.82) is 0 Å². The topological polar surface area (TPSA) is 29.5 Å². The Bertz CT molecular complexity index is 526. The number of nitrogens with zero attached hydrogens (tertiary/aromatic N) is 1. The number of benzene rings is 1. The Morgan fingerprint density at radius 2 is 2.19 bits per heavy atom. The smallest absolute Gasteiger partial charge is 0.167 e. The molecule has 3 rings (SSSR count). The molecule has 0 saturated carbocycles. The lowest BCUT2D eigenvalue weighted by Gasteiger charge is -2.34. The van der Waals surface area contributed by atoms with Crippen molar-refractivity contribution in [3.8, 4) is 5.75 Å². The molecule has 1 saturated heterocycles. The van der Waals surface area contributed by atoms with Crippen molar-refractivity contribution in [1.82, 2.24) is 4.90 Å². The summed E-state index contributed by atoms with van der Waals surface area (Å²) in [5.74, 6) is 2.13. The number of carbonyl (C=O) groups excluding carboxylic acids is 1. The summed E-state index contributed by atoms with van der Waals surface area (Å²) in [7, 11) is 1.67. The van der Waals surface area contributed by atoms with Gasteiger partial charge in [-0.15, -0.1) is 0 Å². The van der Waals surface area contributed by atoms with Crippen LogP contribution in [0.1, 0.15) is 42.1 Å². The second-order valence-corrected chi connectivity index (χ2v) is 6.63. The first-order chi connectivity index (χ1) is 10.2. The number of piperidine rings is 1. The Balaban J connectivity index is 1.70. The SMILES string of the molecule is COc1ccc2c(c1)CCC(CN1CCCC(C)C1)C2=O. The summed E-state index contributed by atoms with van der Waals surface area (Å²) in [6, 6.07) is 5.87. The number of hydrogen-bond acceptors (Lipinski definition) is 3. The van der Waals surface area contributed by atoms with Crippen LogP contribution < -0.4 is 4.74 Å². The number of fused-ring (bicyclic) bond motifs is 1. The average molecular weight is 287 g/mol. The van der Waals surface area contributed by atoms with Crippen molar-refractivity contribution in [3.05, 3.63) is 29.3 Å². The minimum absolute atomic E-state index is 0.177. The van der Waals surface area contributed by atoms with Gasteiger partial charge in [-0.2, -0.15) is 0 Å². The van der Waals surface area contributed by atoms with Crippen LogP contribution in [-0.4, -0.2) is 37.4 Å². The van der Waals surface area contributed by atoms with E-state index in [0.29, 0.717) is 5.78 Å². The molecule has 1 fully saturated rings. The van der Waals surface area contributed by atoms with Crippen LogP contribution in [0.5, 0.6) is 5.75 Å². The van der Waals surface area contributed by atoms with Crippen molar-refractivity contribution in [2.75, 3.05) is 26.7 Å². The largest absolute Gasteiger partial charge is 0.497 e. The van der Waals surface area contributed by atoms with E-state index in [1.54, 1.807) is 7.11 Å². The van der Waals surface area contributed by atoms with Gasteiger partial charge in [0.05, 0.1) is 7.11 Å². The van der Waals surface area contributed by atoms with E-state index in [4.69, 9.17) is 4.74 Å². The van der Waals surface area contributed by atoms with Gasteiger partial charge in [-0.3, -0.25) is 4.79 Å². The van der Waals surface area contributed by atoms with E-state index < -0.39 is 0 Å². The fourth-order valence-corrected chi connectivity index (χ4v) is 3.76. The van der Waals surface area contributed by atoms with Gasteiger partial charge in [-0.1, -0.05) is 6.92 Å². The summed E-state index contributed by atoms with van der Waals surface area (Å²) in [6.45, 7) is 5.56. The van der Waals surface area contributed by atoms with Crippen LogP contribution in [0.25, 0.3) is 0 Å². The van der Waals surface area contributed by atoms with Gasteiger partial charge in [-0.25, -0.2) is 0 Å². The standard InChI is InChI=1S/C18H25NO2/c1-13-4-3-9-19(11-13)12-15-6-5-14-10-16(21-2)7-8-17(14)18(15)20/h7-8,10,13,15H,3-6,9,11-12H2,1-2H3. The van der Waals surface area contributed by atoms with Crippen molar-refractivity contribution in [2.45, 2.75) is 32.6 Å². The minimum atomic E-state index is 0.177. The zero-order valence-corrected chi connectivity index (χ0v) is 13.1. The maximum atomic E-state index is 12.7. The predicted molar refractivity (Wildman–Crippen MR) is 84.0 cm³/mol. The molecular formula is C18H25NO2. The first kappa shape index (κ1) is 14.6. The molecule has 1 aromatic rings. The zero-order chi connectivity index (χ0) is 14.8. The molecule has 1 aliphatic heterocycles. The highest BCUT2D eigenvalue weighted by molar-refractivity contribution is 6.00. The highest BCUT2D eigenvalue weighted by atomic mass is 16.5. The number of ether oxygens (including phenoxy) is 1. The molecule has 0 bridgehead atoms. The van der Waals surface area contributed by atoms with Gasteiger partial charge >= 0.3 is 0 Å². The first-order valence-corrected chi connectivity index (χ1v) is 8.11. The molecule has 0 aromatic heterocycles. The molecule has 2 atom stereocenters. The third-order valence-corrected chi connectivity index (χ3v) is 4.93. The molecule has 114 valence electrons. The van der Waals surface area contributed by atoms with Crippen molar-refractivity contribution < 1.29 is 9.53 Å². The zero-order valence-electron chi connectivity index (χ0n) is 13.1. The van der Waals surface area contributed by atoms with Crippen molar-refractivity contribution >= 4 is 5.78 Å². The lowest BCUT2D eigenvalue weighted by Crippen LogP contribution is -2.40. The van der Waals surface area contributed by atoms with Gasteiger partial charge in [0.15, 0.2) is 5.78 Å². The maximum absolute atomic E-state index is 12.7. The van der Waals surface area contributed by atoms with E-state index in [2.05, 4.69) is 11.8 Å². The molecule has 1 aliphatic carbocycles. The fourth-order valence-electron chi connectivity index (χ4n) is 3.76. The van der Waals surface area contributed by atoms with Gasteiger partial charge < -0.3 is 9.64 Å². The van der Waals surface area contributed by atoms with E-state index in [1.165, 1.54) is 12.8 Å². The first-order valence-electron chi connectivity index (χ1n) is 8.11. The molecular weight excluding hydrogens is 262 g/mol. The molecule has 1 aromatic carbocycles. The monoisotopic (exact) mass is 287 g/mol. The lowest BCUT2D eigenvalue weighted by atomic mass is 9.82. The second-order valence-electron chi connectivity index (χ2n) is 6.63. The van der Waals surface area contributed by atoms with Gasteiger partial charge in [0.2, 0.25) is 0 Å². The highest BCUT2D eigenvalue weighted by Gasteiger charge is 2.30. The third-order valence-electron chi connectivity index (χ3n) is 4.93. The predicted octanol–water partition coefficient (Wildman–Crippen LogP) is 3.17. The number of likely N-dealkylation sites (tertiary alicyclic amines) is 1. The number of rotatable bonds is 3. The van der Waals surface area contributed by atoms with Crippen LogP contribution in [0.3, 0.4) is 0 Å². The molecule has 0 radical (unpaired) electrons. The summed E-state index contributed by atoms with van der Waals surface area (Å²) in [6.07, 6.45) is 4.57. The minimum Gasteiger partial charge on any atom is -0.497 e. The Hall–Kier alpha value is -1.35. The van der Waals surface area contributed by atoms with E-state index in [9.17, 15) is 4.79 Å². The number of aryl methyl sites for hydroxylation is 1. The van der Waals surface area contributed by atoms with Gasteiger partial charge in [0.25, 0.3) is 0 Å². The summed E-state index contributed by atoms with van der Waals surface area (Å²) >= 11 is 0. The van der Waals surface area contributed by atoms with Crippen LogP contribution in [0.2, 0.25) is 0 Å². The van der Waals surface area contributed by atoms with E-state index in [1.807, 2.05) is 18.2 Å². The van der Waals surface area contributed by atoms with E-state index in [0.717, 1.165) is 55.3 Å². The van der Waals surface area contributed by atoms with Crippen LogP contribution in [-0.2, 0) is 6.42 Å². The van der Waals surface area contributed by atoms with E-state index in [-0.39, 0.29) is 5.92 Å². The highest BCUT2D eigenvalue weighted by Crippen LogP contribution is 2.30. The lowest BCUT2D eigenvalue weighted by molar-refractivity contribution is 0.0825. The molecule has 3 nitrogen and oxygen atoms in total. The van der Waals surface area contributed by atoms with Crippen LogP contribution in [0.4, 0.5) is 0 Å². The molecule has 0 amide bonds. The number of methoxy groups -OCH3 is 1. The Kier molecular flexibility index (Phi) is 4.29. The van der Waals surface area contributed by atoms with Crippen molar-refractivity contribution in [2.24, 2.45) is 11.8 Å². The van der Waals surface area contributed by atoms with Crippen LogP contribution in [0.15, 0.2) is 18.2 Å². The molecule has 2 aliphatic rings. The Labute approximate surface area is 127 Å². The van der Waals surface area contributed by atoms with Gasteiger partial charge in [0, 0.05) is 24.6 Å². The number of carbonyl (C=O) groups is 1. The Morgan fingerprint density at radius 3 is 2.95 bits per heavy atom. The maximum Gasteiger partial charge on any atom is 0.167 e. The summed E-state index contributed by atoms with van der Waals surface area (Å²) in [5.41, 5.74) is 2.07. The summed E-state index contributed by atoms with van der Waals surface area (Å²) in [4.78, 5) is 15.2. The third kappa shape index (κ3) is 3.13. The van der Waals surface area contributed by atoms with Crippen LogP contribution >= 0.6 is 0 Å². The Morgan fingerprint density at radius 1 is 1.33 bits per heavy atom. The molecule has 2 unspecified atom stereocenters. The summed E-state index contributed by atoms with van der Waals surface area (Å²) < 4.78 is 5.26.